The summed E-state index contributed by atoms with van der Waals surface area (Å²) < 4.78 is 1.58. The van der Waals surface area contributed by atoms with Gasteiger partial charge in [0.25, 0.3) is 0 Å². The van der Waals surface area contributed by atoms with Crippen LogP contribution in [0.25, 0.3) is 0 Å². The van der Waals surface area contributed by atoms with Gasteiger partial charge >= 0.3 is 12.0 Å². The van der Waals surface area contributed by atoms with Crippen LogP contribution in [0.4, 0.5) is 10.6 Å². The number of hydrogen-bond acceptors (Lipinski definition) is 3. The lowest BCUT2D eigenvalue weighted by Crippen LogP contribution is -2.33. The van der Waals surface area contributed by atoms with Crippen molar-refractivity contribution in [2.24, 2.45) is 13.0 Å². The summed E-state index contributed by atoms with van der Waals surface area (Å²) in [5.74, 6) is -0.452. The molecule has 0 fully saturated rings. The highest BCUT2D eigenvalue weighted by Gasteiger charge is 2.12. The van der Waals surface area contributed by atoms with Gasteiger partial charge in [-0.2, -0.15) is 5.10 Å². The van der Waals surface area contributed by atoms with E-state index in [4.69, 9.17) is 5.11 Å². The van der Waals surface area contributed by atoms with E-state index in [9.17, 15) is 9.59 Å². The lowest BCUT2D eigenvalue weighted by Gasteiger charge is -2.13. The molecule has 1 aromatic rings. The molecule has 1 aromatic heterocycles. The van der Waals surface area contributed by atoms with Gasteiger partial charge in [0.2, 0.25) is 0 Å². The molecule has 7 heteroatoms. The molecule has 0 saturated heterocycles. The Kier molecular flexibility index (Phi) is 5.16. The quantitative estimate of drug-likeness (QED) is 0.706. The highest BCUT2D eigenvalue weighted by molar-refractivity contribution is 5.88. The number of nitrogens with one attached hydrogen (secondary N) is 2. The van der Waals surface area contributed by atoms with E-state index in [1.54, 1.807) is 24.0 Å². The number of carboxylic acids is 1. The second kappa shape index (κ2) is 6.63. The maximum Gasteiger partial charge on any atom is 0.320 e. The fraction of sp³-hybridized carbons (Fsp3) is 0.545. The number of anilines is 1. The maximum absolute atomic E-state index is 11.5. The first-order chi connectivity index (χ1) is 8.51. The van der Waals surface area contributed by atoms with Crippen LogP contribution in [0.5, 0.6) is 0 Å². The van der Waals surface area contributed by atoms with Crippen molar-refractivity contribution >= 4 is 17.8 Å². The molecule has 0 radical (unpaired) electrons. The van der Waals surface area contributed by atoms with Crippen LogP contribution in [0, 0.1) is 5.92 Å². The van der Waals surface area contributed by atoms with Gasteiger partial charge < -0.3 is 10.4 Å². The van der Waals surface area contributed by atoms with Crippen molar-refractivity contribution in [3.8, 4) is 0 Å². The summed E-state index contributed by atoms with van der Waals surface area (Å²) in [4.78, 5) is 22.1. The van der Waals surface area contributed by atoms with Crippen molar-refractivity contribution in [2.45, 2.75) is 19.8 Å². The molecular weight excluding hydrogens is 236 g/mol. The summed E-state index contributed by atoms with van der Waals surface area (Å²) in [5.41, 5.74) is 0. The van der Waals surface area contributed by atoms with Gasteiger partial charge in [-0.25, -0.2) is 4.79 Å². The van der Waals surface area contributed by atoms with E-state index < -0.39 is 5.97 Å². The van der Waals surface area contributed by atoms with Crippen LogP contribution < -0.4 is 10.6 Å². The van der Waals surface area contributed by atoms with Gasteiger partial charge in [-0.3, -0.25) is 14.8 Å². The van der Waals surface area contributed by atoms with Crippen molar-refractivity contribution in [3.05, 3.63) is 12.3 Å². The van der Waals surface area contributed by atoms with Gasteiger partial charge in [-0.05, 0) is 5.92 Å². The zero-order valence-corrected chi connectivity index (χ0v) is 10.5. The zero-order chi connectivity index (χ0) is 13.5. The third-order valence-electron chi connectivity index (χ3n) is 2.55. The standard InChI is InChI=1S/C11H18N4O3/c1-3-8(6-10(16)17)7-12-11(18)13-9-4-5-15(2)14-9/h4-5,8H,3,6-7H2,1-2H3,(H,16,17)(H2,12,13,14,18). The van der Waals surface area contributed by atoms with Crippen molar-refractivity contribution in [3.63, 3.8) is 0 Å². The van der Waals surface area contributed by atoms with Gasteiger partial charge in [0.05, 0.1) is 0 Å². The smallest absolute Gasteiger partial charge is 0.320 e. The van der Waals surface area contributed by atoms with E-state index in [0.29, 0.717) is 18.8 Å². The highest BCUT2D eigenvalue weighted by Crippen LogP contribution is 2.06. The lowest BCUT2D eigenvalue weighted by molar-refractivity contribution is -0.138. The molecule has 3 N–H and O–H groups in total. The Balaban J connectivity index is 2.33. The van der Waals surface area contributed by atoms with E-state index in [2.05, 4.69) is 15.7 Å². The van der Waals surface area contributed by atoms with Crippen molar-refractivity contribution in [2.75, 3.05) is 11.9 Å². The maximum atomic E-state index is 11.5. The van der Waals surface area contributed by atoms with E-state index >= 15 is 0 Å². The molecular formula is C11H18N4O3. The minimum atomic E-state index is -0.853. The molecule has 0 aliphatic carbocycles. The normalized spacial score (nSPS) is 11.9. The number of rotatable bonds is 6. The SMILES string of the molecule is CCC(CNC(=O)Nc1ccn(C)n1)CC(=O)O. The third kappa shape index (κ3) is 4.86. The third-order valence-corrected chi connectivity index (χ3v) is 2.55. The first-order valence-corrected chi connectivity index (χ1v) is 5.77. The van der Waals surface area contributed by atoms with Crippen LogP contribution in [-0.4, -0.2) is 33.4 Å². The molecule has 1 rings (SSSR count). The van der Waals surface area contributed by atoms with Crippen molar-refractivity contribution in [1.82, 2.24) is 15.1 Å². The molecule has 18 heavy (non-hydrogen) atoms. The Labute approximate surface area is 105 Å². The monoisotopic (exact) mass is 254 g/mol. The highest BCUT2D eigenvalue weighted by atomic mass is 16.4. The molecule has 1 heterocycles. The number of aromatic nitrogens is 2. The summed E-state index contributed by atoms with van der Waals surface area (Å²) in [6.45, 7) is 2.23. The molecule has 0 bridgehead atoms. The summed E-state index contributed by atoms with van der Waals surface area (Å²) >= 11 is 0. The van der Waals surface area contributed by atoms with Gasteiger partial charge in [0.1, 0.15) is 0 Å². The lowest BCUT2D eigenvalue weighted by atomic mass is 10.0. The minimum Gasteiger partial charge on any atom is -0.481 e. The van der Waals surface area contributed by atoms with E-state index in [1.165, 1.54) is 0 Å². The number of amides is 2. The van der Waals surface area contributed by atoms with Gasteiger partial charge in [0, 0.05) is 32.3 Å². The number of hydrogen-bond donors (Lipinski definition) is 3. The van der Waals surface area contributed by atoms with Crippen LogP contribution in [0.3, 0.4) is 0 Å². The predicted molar refractivity (Wildman–Crippen MR) is 66.3 cm³/mol. The number of aryl methyl sites for hydroxylation is 1. The summed E-state index contributed by atoms with van der Waals surface area (Å²) in [5, 5.41) is 17.9. The number of carbonyl (C=O) groups is 2. The minimum absolute atomic E-state index is 0.0559. The number of nitrogens with zero attached hydrogens (tertiary/aromatic N) is 2. The first-order valence-electron chi connectivity index (χ1n) is 5.77. The molecule has 2 amide bonds. The zero-order valence-electron chi connectivity index (χ0n) is 10.5. The number of carbonyl (C=O) groups excluding carboxylic acids is 1. The average Bonchev–Trinajstić information content (AvgIpc) is 2.69. The average molecular weight is 254 g/mol. The van der Waals surface area contributed by atoms with Crippen LogP contribution in [0.1, 0.15) is 19.8 Å². The largest absolute Gasteiger partial charge is 0.481 e. The Hall–Kier alpha value is -2.05. The molecule has 1 unspecified atom stereocenters. The Morgan fingerprint density at radius 1 is 1.56 bits per heavy atom. The van der Waals surface area contributed by atoms with Crippen molar-refractivity contribution in [1.29, 1.82) is 0 Å². The fourth-order valence-electron chi connectivity index (χ4n) is 1.49. The first kappa shape index (κ1) is 14.0. The molecule has 1 atom stereocenters. The molecule has 0 spiro atoms. The summed E-state index contributed by atoms with van der Waals surface area (Å²) in [7, 11) is 1.75. The van der Waals surface area contributed by atoms with Gasteiger partial charge in [0.15, 0.2) is 5.82 Å². The number of carboxylic acid groups (broad SMARTS) is 1. The predicted octanol–water partition coefficient (Wildman–Crippen LogP) is 1.04. The molecule has 0 aliphatic rings. The van der Waals surface area contributed by atoms with Crippen LogP contribution in [-0.2, 0) is 11.8 Å². The van der Waals surface area contributed by atoms with Crippen LogP contribution >= 0.6 is 0 Å². The molecule has 100 valence electrons. The summed E-state index contributed by atoms with van der Waals surface area (Å²) in [6, 6.07) is 1.30. The molecule has 7 nitrogen and oxygen atoms in total. The number of urea groups is 1. The Bertz CT molecular complexity index is 416. The van der Waals surface area contributed by atoms with E-state index in [0.717, 1.165) is 0 Å². The van der Waals surface area contributed by atoms with E-state index in [-0.39, 0.29) is 18.4 Å². The van der Waals surface area contributed by atoms with Crippen LogP contribution in [0.2, 0.25) is 0 Å². The molecule has 0 aromatic carbocycles. The van der Waals surface area contributed by atoms with Crippen molar-refractivity contribution < 1.29 is 14.7 Å². The van der Waals surface area contributed by atoms with Gasteiger partial charge in [-0.1, -0.05) is 13.3 Å². The fourth-order valence-corrected chi connectivity index (χ4v) is 1.49. The Morgan fingerprint density at radius 2 is 2.28 bits per heavy atom. The summed E-state index contributed by atoms with van der Waals surface area (Å²) in [6.07, 6.45) is 2.48. The van der Waals surface area contributed by atoms with Crippen LogP contribution in [0.15, 0.2) is 12.3 Å². The topological polar surface area (TPSA) is 96.3 Å². The Morgan fingerprint density at radius 3 is 2.78 bits per heavy atom. The second-order valence-corrected chi connectivity index (χ2v) is 4.08. The molecule has 0 saturated carbocycles. The number of aliphatic carboxylic acids is 1. The van der Waals surface area contributed by atoms with Gasteiger partial charge in [-0.15, -0.1) is 0 Å². The van der Waals surface area contributed by atoms with E-state index in [1.807, 2.05) is 6.92 Å². The second-order valence-electron chi connectivity index (χ2n) is 4.08. The molecule has 0 aliphatic heterocycles.